The summed E-state index contributed by atoms with van der Waals surface area (Å²) in [5.41, 5.74) is 1.03. The Morgan fingerprint density at radius 3 is 2.65 bits per heavy atom. The van der Waals surface area contributed by atoms with Gasteiger partial charge >= 0.3 is 0 Å². The van der Waals surface area contributed by atoms with Crippen LogP contribution in [-0.2, 0) is 6.42 Å². The van der Waals surface area contributed by atoms with Crippen molar-refractivity contribution in [1.82, 2.24) is 4.90 Å². The van der Waals surface area contributed by atoms with Gasteiger partial charge in [0.15, 0.2) is 11.2 Å². The molecule has 3 aromatic rings. The molecule has 0 bridgehead atoms. The van der Waals surface area contributed by atoms with E-state index in [2.05, 4.69) is 4.90 Å². The van der Waals surface area contributed by atoms with E-state index in [1.807, 2.05) is 0 Å². The highest BCUT2D eigenvalue weighted by Crippen LogP contribution is 2.24. The van der Waals surface area contributed by atoms with E-state index in [1.165, 1.54) is 12.3 Å². The third kappa shape index (κ3) is 4.86. The zero-order valence-corrected chi connectivity index (χ0v) is 17.6. The molecule has 1 saturated heterocycles. The van der Waals surface area contributed by atoms with Gasteiger partial charge in [0.25, 0.3) is 0 Å². The monoisotopic (exact) mass is 445 g/mol. The smallest absolute Gasteiger partial charge is 0.195 e. The molecule has 0 N–H and O–H groups in total. The van der Waals surface area contributed by atoms with Gasteiger partial charge in [0.05, 0.1) is 17.2 Å². The van der Waals surface area contributed by atoms with E-state index in [9.17, 15) is 18.4 Å². The van der Waals surface area contributed by atoms with Gasteiger partial charge in [-0.25, -0.2) is 8.78 Å². The Balaban J connectivity index is 1.30. The van der Waals surface area contributed by atoms with Crippen LogP contribution in [0.15, 0.2) is 51.9 Å². The number of carbonyl (C=O) groups is 1. The summed E-state index contributed by atoms with van der Waals surface area (Å²) in [6.45, 7) is 2.24. The number of benzene rings is 2. The van der Waals surface area contributed by atoms with Gasteiger partial charge in [-0.3, -0.25) is 9.59 Å². The van der Waals surface area contributed by atoms with Crippen molar-refractivity contribution in [3.8, 4) is 0 Å². The Labute approximate surface area is 183 Å². The van der Waals surface area contributed by atoms with E-state index in [0.717, 1.165) is 38.2 Å². The molecule has 31 heavy (non-hydrogen) atoms. The molecule has 1 fully saturated rings. The molecule has 1 aliphatic heterocycles. The average molecular weight is 446 g/mol. The highest BCUT2D eigenvalue weighted by Gasteiger charge is 2.27. The van der Waals surface area contributed by atoms with Crippen molar-refractivity contribution in [3.05, 3.63) is 80.7 Å². The largest absolute Gasteiger partial charge is 0.464 e. The fourth-order valence-electron chi connectivity index (χ4n) is 4.14. The fourth-order valence-corrected chi connectivity index (χ4v) is 4.31. The zero-order chi connectivity index (χ0) is 22.0. The number of carbonyl (C=O) groups excluding carboxylic acids is 1. The molecular weight excluding hydrogens is 424 g/mol. The van der Waals surface area contributed by atoms with Gasteiger partial charge in [0, 0.05) is 22.6 Å². The molecule has 0 saturated carbocycles. The van der Waals surface area contributed by atoms with Crippen LogP contribution >= 0.6 is 11.6 Å². The minimum Gasteiger partial charge on any atom is -0.464 e. The van der Waals surface area contributed by atoms with Gasteiger partial charge < -0.3 is 9.32 Å². The second-order valence-electron chi connectivity index (χ2n) is 7.94. The molecular formula is C24H22ClF2NO3. The lowest BCUT2D eigenvalue weighted by atomic mass is 9.88. The van der Waals surface area contributed by atoms with Crippen molar-refractivity contribution in [3.63, 3.8) is 0 Å². The van der Waals surface area contributed by atoms with E-state index < -0.39 is 11.6 Å². The minimum atomic E-state index is -0.803. The van der Waals surface area contributed by atoms with Crippen LogP contribution in [-0.4, -0.2) is 30.3 Å². The van der Waals surface area contributed by atoms with Gasteiger partial charge in [-0.1, -0.05) is 11.6 Å². The molecule has 2 heterocycles. The predicted octanol–water partition coefficient (Wildman–Crippen LogP) is 5.25. The maximum absolute atomic E-state index is 13.9. The first kappa shape index (κ1) is 21.7. The molecule has 4 rings (SSSR count). The number of aryl methyl sites for hydroxylation is 1. The Morgan fingerprint density at radius 2 is 1.90 bits per heavy atom. The number of Topliss-reactive ketones (excluding diaryl/α,β-unsaturated/α-hetero) is 1. The van der Waals surface area contributed by atoms with E-state index in [4.69, 9.17) is 16.0 Å². The summed E-state index contributed by atoms with van der Waals surface area (Å²) in [4.78, 5) is 27.5. The van der Waals surface area contributed by atoms with E-state index >= 15 is 0 Å². The van der Waals surface area contributed by atoms with Crippen LogP contribution in [0.25, 0.3) is 11.0 Å². The highest BCUT2D eigenvalue weighted by molar-refractivity contribution is 6.31. The summed E-state index contributed by atoms with van der Waals surface area (Å²) in [5, 5.41) is 0.979. The topological polar surface area (TPSA) is 50.5 Å². The summed E-state index contributed by atoms with van der Waals surface area (Å²) in [7, 11) is 0. The van der Waals surface area contributed by atoms with E-state index in [0.29, 0.717) is 40.8 Å². The molecule has 0 spiro atoms. The van der Waals surface area contributed by atoms with Crippen molar-refractivity contribution in [2.45, 2.75) is 25.7 Å². The maximum atomic E-state index is 13.9. The molecule has 0 radical (unpaired) electrons. The van der Waals surface area contributed by atoms with Crippen molar-refractivity contribution < 1.29 is 18.0 Å². The van der Waals surface area contributed by atoms with Gasteiger partial charge in [0.1, 0.15) is 17.2 Å². The number of ketones is 1. The lowest BCUT2D eigenvalue weighted by molar-refractivity contribution is 0.0835. The Bertz CT molecular complexity index is 1170. The highest BCUT2D eigenvalue weighted by atomic mass is 35.5. The van der Waals surface area contributed by atoms with Crippen LogP contribution in [0.4, 0.5) is 8.78 Å². The first-order valence-corrected chi connectivity index (χ1v) is 10.7. The number of hydrogen-bond donors (Lipinski definition) is 0. The van der Waals surface area contributed by atoms with Gasteiger partial charge in [0.2, 0.25) is 0 Å². The number of likely N-dealkylation sites (tertiary alicyclic amines) is 1. The third-order valence-electron chi connectivity index (χ3n) is 5.88. The van der Waals surface area contributed by atoms with Crippen LogP contribution in [0, 0.1) is 17.6 Å². The first-order valence-electron chi connectivity index (χ1n) is 10.3. The second kappa shape index (κ2) is 9.28. The number of rotatable bonds is 6. The summed E-state index contributed by atoms with van der Waals surface area (Å²) < 4.78 is 32.5. The molecule has 0 unspecified atom stereocenters. The van der Waals surface area contributed by atoms with Crippen LogP contribution in [0.5, 0.6) is 0 Å². The number of fused-ring (bicyclic) bond motifs is 1. The van der Waals surface area contributed by atoms with Crippen LogP contribution < -0.4 is 5.43 Å². The van der Waals surface area contributed by atoms with Crippen molar-refractivity contribution in [2.75, 3.05) is 19.6 Å². The molecule has 2 aromatic carbocycles. The first-order chi connectivity index (χ1) is 14.9. The molecule has 7 heteroatoms. The Kier molecular flexibility index (Phi) is 6.49. The normalized spacial score (nSPS) is 15.5. The maximum Gasteiger partial charge on any atom is 0.195 e. The van der Waals surface area contributed by atoms with E-state index in [1.54, 1.807) is 18.2 Å². The standard InChI is InChI=1S/C24H22ClF2NO3/c25-17-3-6-22-20(12-17)24(30)16(14-31-22)2-1-9-28-10-7-15(8-11-28)23(29)19-5-4-18(26)13-21(19)27/h3-6,12-15H,1-2,7-11H2. The van der Waals surface area contributed by atoms with E-state index in [-0.39, 0.29) is 22.7 Å². The number of piperidine rings is 1. The lowest BCUT2D eigenvalue weighted by Gasteiger charge is -2.31. The summed E-state index contributed by atoms with van der Waals surface area (Å²) >= 11 is 5.99. The quantitative estimate of drug-likeness (QED) is 0.486. The summed E-state index contributed by atoms with van der Waals surface area (Å²) in [5.74, 6) is -2.01. The molecule has 0 amide bonds. The number of nitrogens with zero attached hydrogens (tertiary/aromatic N) is 1. The zero-order valence-electron chi connectivity index (χ0n) is 16.9. The molecule has 0 aliphatic carbocycles. The lowest BCUT2D eigenvalue weighted by Crippen LogP contribution is -2.37. The number of halogens is 3. The van der Waals surface area contributed by atoms with Crippen molar-refractivity contribution in [1.29, 1.82) is 0 Å². The summed E-state index contributed by atoms with van der Waals surface area (Å²) in [6, 6.07) is 8.08. The average Bonchev–Trinajstić information content (AvgIpc) is 2.76. The molecule has 0 atom stereocenters. The SMILES string of the molecule is O=C(c1ccc(F)cc1F)C1CCN(CCCc2coc3ccc(Cl)cc3c2=O)CC1. The third-order valence-corrected chi connectivity index (χ3v) is 6.12. The van der Waals surface area contributed by atoms with Gasteiger partial charge in [-0.2, -0.15) is 0 Å². The predicted molar refractivity (Wildman–Crippen MR) is 116 cm³/mol. The molecule has 1 aliphatic rings. The second-order valence-corrected chi connectivity index (χ2v) is 8.37. The van der Waals surface area contributed by atoms with Gasteiger partial charge in [-0.05, 0) is 75.6 Å². The molecule has 162 valence electrons. The fraction of sp³-hybridized carbons (Fsp3) is 0.333. The van der Waals surface area contributed by atoms with Gasteiger partial charge in [-0.15, -0.1) is 0 Å². The molecule has 4 nitrogen and oxygen atoms in total. The van der Waals surface area contributed by atoms with Crippen molar-refractivity contribution >= 4 is 28.4 Å². The van der Waals surface area contributed by atoms with Crippen LogP contribution in [0.1, 0.15) is 35.2 Å². The molecule has 1 aromatic heterocycles. The summed E-state index contributed by atoms with van der Waals surface area (Å²) in [6.07, 6.45) is 4.14. The van der Waals surface area contributed by atoms with Crippen molar-refractivity contribution in [2.24, 2.45) is 5.92 Å². The Morgan fingerprint density at radius 1 is 1.13 bits per heavy atom. The van der Waals surface area contributed by atoms with Crippen LogP contribution in [0.2, 0.25) is 5.02 Å². The minimum absolute atomic E-state index is 0.0389. The Hall–Kier alpha value is -2.57. The number of hydrogen-bond acceptors (Lipinski definition) is 4. The van der Waals surface area contributed by atoms with Crippen LogP contribution in [0.3, 0.4) is 0 Å².